The van der Waals surface area contributed by atoms with Crippen LogP contribution in [0, 0.1) is 5.92 Å². The first kappa shape index (κ1) is 16.8. The highest BCUT2D eigenvalue weighted by Crippen LogP contribution is 2.47. The van der Waals surface area contributed by atoms with Gasteiger partial charge in [-0.3, -0.25) is 0 Å². The Morgan fingerprint density at radius 2 is 2.05 bits per heavy atom. The molecular formula is C16H25F3O2. The van der Waals surface area contributed by atoms with E-state index < -0.39 is 24.0 Å². The fraction of sp³-hybridized carbons (Fsp3) is 0.875. The predicted molar refractivity (Wildman–Crippen MR) is 75.1 cm³/mol. The lowest BCUT2D eigenvalue weighted by molar-refractivity contribution is -0.127. The van der Waals surface area contributed by atoms with Gasteiger partial charge in [-0.15, -0.1) is 0 Å². The second-order valence-corrected chi connectivity index (χ2v) is 6.52. The Bertz CT molecular complexity index is 380. The predicted octanol–water partition coefficient (Wildman–Crippen LogP) is 4.64. The van der Waals surface area contributed by atoms with Crippen LogP contribution in [-0.2, 0) is 9.47 Å². The van der Waals surface area contributed by atoms with Crippen LogP contribution in [0.3, 0.4) is 0 Å². The van der Waals surface area contributed by atoms with Crippen molar-refractivity contribution in [3.63, 3.8) is 0 Å². The van der Waals surface area contributed by atoms with Crippen molar-refractivity contribution in [2.75, 3.05) is 6.61 Å². The van der Waals surface area contributed by atoms with Gasteiger partial charge in [0.05, 0.1) is 30.0 Å². The molecule has 0 N–H and O–H groups in total. The molecular weight excluding hydrogens is 281 g/mol. The van der Waals surface area contributed by atoms with Gasteiger partial charge in [0.2, 0.25) is 0 Å². The maximum Gasteiger partial charge on any atom is 0.414 e. The number of fused-ring (bicyclic) bond motifs is 2. The molecule has 0 aliphatic carbocycles. The average Bonchev–Trinajstić information content (AvgIpc) is 3.04. The van der Waals surface area contributed by atoms with Crippen molar-refractivity contribution in [3.05, 3.63) is 12.2 Å². The summed E-state index contributed by atoms with van der Waals surface area (Å²) in [6.45, 7) is 6.68. The molecule has 2 aliphatic rings. The second kappa shape index (κ2) is 6.29. The van der Waals surface area contributed by atoms with Crippen LogP contribution in [0.1, 0.15) is 52.4 Å². The van der Waals surface area contributed by atoms with Crippen molar-refractivity contribution in [1.82, 2.24) is 0 Å². The van der Waals surface area contributed by atoms with E-state index in [1.165, 1.54) is 0 Å². The van der Waals surface area contributed by atoms with Gasteiger partial charge in [0.15, 0.2) is 0 Å². The highest BCUT2D eigenvalue weighted by molar-refractivity contribution is 5.05. The Labute approximate surface area is 124 Å². The minimum absolute atomic E-state index is 0.149. The van der Waals surface area contributed by atoms with Gasteiger partial charge in [-0.05, 0) is 32.6 Å². The maximum atomic E-state index is 12.6. The Kier molecular flexibility index (Phi) is 5.03. The molecule has 2 saturated heterocycles. The molecule has 2 fully saturated rings. The Morgan fingerprint density at radius 1 is 1.33 bits per heavy atom. The first-order valence-corrected chi connectivity index (χ1v) is 7.80. The number of rotatable bonds is 7. The van der Waals surface area contributed by atoms with Gasteiger partial charge in [0, 0.05) is 5.92 Å². The molecule has 5 heteroatoms. The van der Waals surface area contributed by atoms with Crippen LogP contribution >= 0.6 is 0 Å². The number of alkyl halides is 3. The SMILES string of the molecule is C=C(COC(C)(CCCC)C1CC2CCC1O2)C(F)(F)F. The molecule has 122 valence electrons. The van der Waals surface area contributed by atoms with Gasteiger partial charge in [-0.25, -0.2) is 0 Å². The van der Waals surface area contributed by atoms with Gasteiger partial charge in [0.25, 0.3) is 0 Å². The standard InChI is InChI=1S/C16H25F3O2/c1-4-5-8-15(3,20-10-11(2)16(17,18)19)13-9-12-6-7-14(13)21-12/h12-14H,2,4-10H2,1,3H3. The molecule has 0 amide bonds. The number of halogens is 3. The van der Waals surface area contributed by atoms with Crippen molar-refractivity contribution in [1.29, 1.82) is 0 Å². The molecule has 0 radical (unpaired) electrons. The van der Waals surface area contributed by atoms with Crippen LogP contribution < -0.4 is 0 Å². The summed E-state index contributed by atoms with van der Waals surface area (Å²) in [5.74, 6) is 0.198. The zero-order valence-corrected chi connectivity index (χ0v) is 12.8. The van der Waals surface area contributed by atoms with Crippen molar-refractivity contribution in [3.8, 4) is 0 Å². The van der Waals surface area contributed by atoms with E-state index in [0.717, 1.165) is 38.5 Å². The zero-order chi connectivity index (χ0) is 15.7. The van der Waals surface area contributed by atoms with Gasteiger partial charge in [-0.1, -0.05) is 26.3 Å². The zero-order valence-electron chi connectivity index (χ0n) is 12.8. The van der Waals surface area contributed by atoms with Crippen molar-refractivity contribution < 1.29 is 22.6 Å². The van der Waals surface area contributed by atoms with Gasteiger partial charge < -0.3 is 9.47 Å². The third-order valence-electron chi connectivity index (χ3n) is 4.89. The van der Waals surface area contributed by atoms with Crippen LogP contribution in [0.2, 0.25) is 0 Å². The number of ether oxygens (including phenoxy) is 2. The van der Waals surface area contributed by atoms with E-state index in [-0.39, 0.29) is 18.1 Å². The summed E-state index contributed by atoms with van der Waals surface area (Å²) in [4.78, 5) is 0. The fourth-order valence-corrected chi connectivity index (χ4v) is 3.51. The molecule has 21 heavy (non-hydrogen) atoms. The highest BCUT2D eigenvalue weighted by atomic mass is 19.4. The quantitative estimate of drug-likeness (QED) is 0.638. The summed E-state index contributed by atoms with van der Waals surface area (Å²) in [7, 11) is 0. The third-order valence-corrected chi connectivity index (χ3v) is 4.89. The largest absolute Gasteiger partial charge is 0.414 e. The topological polar surface area (TPSA) is 18.5 Å². The molecule has 2 rings (SSSR count). The van der Waals surface area contributed by atoms with Crippen LogP contribution in [0.15, 0.2) is 12.2 Å². The van der Waals surface area contributed by atoms with E-state index in [0.29, 0.717) is 0 Å². The lowest BCUT2D eigenvalue weighted by Gasteiger charge is -2.39. The summed E-state index contributed by atoms with van der Waals surface area (Å²) in [6.07, 6.45) is 1.74. The van der Waals surface area contributed by atoms with E-state index in [1.54, 1.807) is 0 Å². The summed E-state index contributed by atoms with van der Waals surface area (Å²) in [5.41, 5.74) is -1.36. The molecule has 2 bridgehead atoms. The molecule has 0 aromatic carbocycles. The monoisotopic (exact) mass is 306 g/mol. The van der Waals surface area contributed by atoms with Gasteiger partial charge in [0.1, 0.15) is 0 Å². The minimum Gasteiger partial charge on any atom is -0.375 e. The number of unbranched alkanes of at least 4 members (excludes halogenated alkanes) is 1. The fourth-order valence-electron chi connectivity index (χ4n) is 3.51. The minimum atomic E-state index is -4.38. The van der Waals surface area contributed by atoms with Crippen LogP contribution in [-0.4, -0.2) is 30.6 Å². The van der Waals surface area contributed by atoms with Crippen LogP contribution in [0.4, 0.5) is 13.2 Å². The van der Waals surface area contributed by atoms with Gasteiger partial charge in [-0.2, -0.15) is 13.2 Å². The Morgan fingerprint density at radius 3 is 2.52 bits per heavy atom. The molecule has 4 unspecified atom stereocenters. The molecule has 0 aromatic heterocycles. The van der Waals surface area contributed by atoms with Crippen molar-refractivity contribution in [2.45, 2.75) is 76.4 Å². The second-order valence-electron chi connectivity index (χ2n) is 6.52. The first-order valence-electron chi connectivity index (χ1n) is 7.80. The molecule has 0 aromatic rings. The van der Waals surface area contributed by atoms with E-state index in [4.69, 9.17) is 9.47 Å². The number of hydrogen-bond acceptors (Lipinski definition) is 2. The molecule has 4 atom stereocenters. The van der Waals surface area contributed by atoms with E-state index >= 15 is 0 Å². The normalized spacial score (nSPS) is 31.4. The highest BCUT2D eigenvalue weighted by Gasteiger charge is 2.50. The molecule has 2 heterocycles. The molecule has 0 saturated carbocycles. The van der Waals surface area contributed by atoms with Gasteiger partial charge >= 0.3 is 6.18 Å². The van der Waals surface area contributed by atoms with Crippen molar-refractivity contribution >= 4 is 0 Å². The number of hydrogen-bond donors (Lipinski definition) is 0. The van der Waals surface area contributed by atoms with Crippen LogP contribution in [0.5, 0.6) is 0 Å². The average molecular weight is 306 g/mol. The van der Waals surface area contributed by atoms with Crippen LogP contribution in [0.25, 0.3) is 0 Å². The lowest BCUT2D eigenvalue weighted by Crippen LogP contribution is -2.43. The third kappa shape index (κ3) is 3.81. The summed E-state index contributed by atoms with van der Waals surface area (Å²) in [5, 5.41) is 0. The summed E-state index contributed by atoms with van der Waals surface area (Å²) in [6, 6.07) is 0. The Balaban J connectivity index is 2.01. The van der Waals surface area contributed by atoms with E-state index in [9.17, 15) is 13.2 Å². The summed E-state index contributed by atoms with van der Waals surface area (Å²) >= 11 is 0. The summed E-state index contributed by atoms with van der Waals surface area (Å²) < 4.78 is 49.4. The first-order chi connectivity index (χ1) is 9.76. The lowest BCUT2D eigenvalue weighted by atomic mass is 9.75. The van der Waals surface area contributed by atoms with Crippen molar-refractivity contribution in [2.24, 2.45) is 5.92 Å². The van der Waals surface area contributed by atoms with E-state index in [2.05, 4.69) is 13.5 Å². The maximum absolute atomic E-state index is 12.6. The Hall–Kier alpha value is -0.550. The molecule has 2 nitrogen and oxygen atoms in total. The molecule has 0 spiro atoms. The molecule has 2 aliphatic heterocycles. The smallest absolute Gasteiger partial charge is 0.375 e. The van der Waals surface area contributed by atoms with E-state index in [1.807, 2.05) is 6.92 Å².